The zero-order valence-corrected chi connectivity index (χ0v) is 8.81. The van der Waals surface area contributed by atoms with Crippen molar-refractivity contribution in [3.63, 3.8) is 0 Å². The molecule has 0 bridgehead atoms. The fourth-order valence-corrected chi connectivity index (χ4v) is 1.16. The summed E-state index contributed by atoms with van der Waals surface area (Å²) in [6, 6.07) is 3.47. The fourth-order valence-electron chi connectivity index (χ4n) is 1.16. The molecule has 0 aliphatic carbocycles. The third-order valence-electron chi connectivity index (χ3n) is 1.94. The van der Waals surface area contributed by atoms with Gasteiger partial charge in [0.05, 0.1) is 12.7 Å². The van der Waals surface area contributed by atoms with Crippen LogP contribution in [0.1, 0.15) is 16.1 Å². The summed E-state index contributed by atoms with van der Waals surface area (Å²) in [4.78, 5) is 18.2. The second-order valence-corrected chi connectivity index (χ2v) is 3.04. The first-order chi connectivity index (χ1) is 8.22. The van der Waals surface area contributed by atoms with E-state index in [2.05, 4.69) is 25.5 Å². The van der Waals surface area contributed by atoms with E-state index in [9.17, 15) is 4.79 Å². The average Bonchev–Trinajstić information content (AvgIpc) is 2.96. The number of rotatable bonds is 3. The molecule has 8 nitrogen and oxygen atoms in total. The first kappa shape index (κ1) is 10.7. The summed E-state index contributed by atoms with van der Waals surface area (Å²) < 4.78 is 4.75. The van der Waals surface area contributed by atoms with Crippen LogP contribution in [0.15, 0.2) is 12.3 Å². The molecule has 0 fully saturated rings. The molecule has 0 radical (unpaired) electrons. The Labute approximate surface area is 95.6 Å². The molecule has 2 aromatic heterocycles. The number of hydrogen-bond acceptors (Lipinski definition) is 5. The van der Waals surface area contributed by atoms with E-state index in [1.165, 1.54) is 19.4 Å². The normalized spacial score (nSPS) is 9.65. The number of hydrogen-bond donors (Lipinski definition) is 3. The molecule has 2 heterocycles. The van der Waals surface area contributed by atoms with Crippen LogP contribution in [-0.2, 0) is 0 Å². The molecule has 8 heteroatoms. The molecular formula is C9H8N6O2. The van der Waals surface area contributed by atoms with Crippen molar-refractivity contribution in [2.75, 3.05) is 12.4 Å². The van der Waals surface area contributed by atoms with Gasteiger partial charge in [0.1, 0.15) is 11.8 Å². The van der Waals surface area contributed by atoms with Crippen molar-refractivity contribution in [1.82, 2.24) is 20.2 Å². The topological polar surface area (TPSA) is 119 Å². The largest absolute Gasteiger partial charge is 0.466 e. The maximum atomic E-state index is 11.7. The van der Waals surface area contributed by atoms with Gasteiger partial charge in [0.2, 0.25) is 5.95 Å². The lowest BCUT2D eigenvalue weighted by Crippen LogP contribution is -2.13. The number of ether oxygens (including phenoxy) is 1. The summed E-state index contributed by atoms with van der Waals surface area (Å²) in [5, 5.41) is 17.2. The second kappa shape index (κ2) is 4.36. The minimum Gasteiger partial charge on any atom is -0.466 e. The highest BCUT2D eigenvalue weighted by atomic mass is 16.5. The van der Waals surface area contributed by atoms with E-state index >= 15 is 0 Å². The number of methoxy groups -OCH3 is 1. The number of nitriles is 1. The van der Waals surface area contributed by atoms with E-state index in [1.807, 2.05) is 6.07 Å². The molecule has 2 rings (SSSR count). The molecule has 0 atom stereocenters. The van der Waals surface area contributed by atoms with Crippen molar-refractivity contribution in [3.8, 4) is 12.1 Å². The van der Waals surface area contributed by atoms with Gasteiger partial charge in [-0.1, -0.05) is 0 Å². The zero-order chi connectivity index (χ0) is 12.3. The maximum absolute atomic E-state index is 11.7. The molecule has 0 unspecified atom stereocenters. The Hall–Kier alpha value is -2.82. The van der Waals surface area contributed by atoms with Crippen molar-refractivity contribution >= 4 is 11.9 Å². The first-order valence-electron chi connectivity index (χ1n) is 4.59. The van der Waals surface area contributed by atoms with Crippen LogP contribution in [0.2, 0.25) is 0 Å². The summed E-state index contributed by atoms with van der Waals surface area (Å²) in [6.07, 6.45) is 1.44. The lowest BCUT2D eigenvalue weighted by molar-refractivity contribution is 0.102. The Kier molecular flexibility index (Phi) is 2.74. The molecule has 0 aromatic carbocycles. The Morgan fingerprint density at radius 2 is 2.47 bits per heavy atom. The van der Waals surface area contributed by atoms with Crippen molar-refractivity contribution < 1.29 is 9.53 Å². The van der Waals surface area contributed by atoms with Crippen molar-refractivity contribution in [2.24, 2.45) is 0 Å². The summed E-state index contributed by atoms with van der Waals surface area (Å²) in [7, 11) is 1.42. The number of nitrogens with one attached hydrogen (secondary N) is 3. The number of anilines is 1. The predicted molar refractivity (Wildman–Crippen MR) is 56.4 cm³/mol. The summed E-state index contributed by atoms with van der Waals surface area (Å²) in [5.74, 6) is -0.259. The number of H-pyrrole nitrogens is 2. The number of nitrogens with zero attached hydrogens (tertiary/aromatic N) is 3. The third kappa shape index (κ3) is 2.23. The number of carbonyl (C=O) groups is 1. The van der Waals surface area contributed by atoms with Gasteiger partial charge < -0.3 is 9.72 Å². The first-order valence-corrected chi connectivity index (χ1v) is 4.59. The molecular weight excluding hydrogens is 224 g/mol. The standard InChI is InChI=1S/C9H8N6O2/c1-17-9-13-8(14-15-9)12-7(16)6-2-5(3-10)4-11-6/h2,4,11H,1H3,(H2,12,13,14,15,16). The highest BCUT2D eigenvalue weighted by Gasteiger charge is 2.11. The third-order valence-corrected chi connectivity index (χ3v) is 1.94. The highest BCUT2D eigenvalue weighted by Crippen LogP contribution is 2.07. The van der Waals surface area contributed by atoms with E-state index in [-0.39, 0.29) is 17.7 Å². The lowest BCUT2D eigenvalue weighted by atomic mass is 10.3. The van der Waals surface area contributed by atoms with Crippen LogP contribution in [0, 0.1) is 11.3 Å². The van der Waals surface area contributed by atoms with Crippen LogP contribution in [0.25, 0.3) is 0 Å². The van der Waals surface area contributed by atoms with Gasteiger partial charge in [0, 0.05) is 6.20 Å². The number of aromatic nitrogens is 4. The van der Waals surface area contributed by atoms with Crippen molar-refractivity contribution in [2.45, 2.75) is 0 Å². The molecule has 0 saturated heterocycles. The Balaban J connectivity index is 2.09. The molecule has 0 aliphatic rings. The van der Waals surface area contributed by atoms with Crippen molar-refractivity contribution in [3.05, 3.63) is 23.5 Å². The van der Waals surface area contributed by atoms with Crippen LogP contribution in [-0.4, -0.2) is 33.2 Å². The molecule has 2 aromatic rings. The fraction of sp³-hybridized carbons (Fsp3) is 0.111. The quantitative estimate of drug-likeness (QED) is 0.701. The van der Waals surface area contributed by atoms with E-state index in [0.717, 1.165) is 0 Å². The van der Waals surface area contributed by atoms with Crippen LogP contribution in [0.4, 0.5) is 5.95 Å². The minimum atomic E-state index is -0.426. The molecule has 17 heavy (non-hydrogen) atoms. The minimum absolute atomic E-state index is 0.129. The van der Waals surface area contributed by atoms with Gasteiger partial charge in [-0.05, 0) is 6.07 Å². The second-order valence-electron chi connectivity index (χ2n) is 3.04. The maximum Gasteiger partial charge on any atom is 0.336 e. The van der Waals surface area contributed by atoms with E-state index < -0.39 is 5.91 Å². The SMILES string of the molecule is COc1n[nH]c(NC(=O)c2cc(C#N)c[nH]2)n1. The summed E-state index contributed by atoms with van der Waals surface area (Å²) in [6.45, 7) is 0. The zero-order valence-electron chi connectivity index (χ0n) is 8.81. The van der Waals surface area contributed by atoms with E-state index in [4.69, 9.17) is 10.00 Å². The lowest BCUT2D eigenvalue weighted by Gasteiger charge is -1.97. The molecule has 86 valence electrons. The Morgan fingerprint density at radius 1 is 1.65 bits per heavy atom. The van der Waals surface area contributed by atoms with Gasteiger partial charge >= 0.3 is 6.01 Å². The van der Waals surface area contributed by atoms with Gasteiger partial charge in [0.25, 0.3) is 5.91 Å². The van der Waals surface area contributed by atoms with Gasteiger partial charge in [-0.2, -0.15) is 10.2 Å². The highest BCUT2D eigenvalue weighted by molar-refractivity contribution is 6.02. The monoisotopic (exact) mass is 232 g/mol. The van der Waals surface area contributed by atoms with Crippen LogP contribution < -0.4 is 10.1 Å². The van der Waals surface area contributed by atoms with Gasteiger partial charge in [-0.15, -0.1) is 5.10 Å². The van der Waals surface area contributed by atoms with E-state index in [1.54, 1.807) is 0 Å². The Bertz CT molecular complexity index is 578. The number of aromatic amines is 2. The van der Waals surface area contributed by atoms with Crippen LogP contribution in [0.3, 0.4) is 0 Å². The molecule has 0 saturated carbocycles. The predicted octanol–water partition coefficient (Wildman–Crippen LogP) is 0.265. The summed E-state index contributed by atoms with van der Waals surface area (Å²) >= 11 is 0. The van der Waals surface area contributed by atoms with Crippen molar-refractivity contribution in [1.29, 1.82) is 5.26 Å². The molecule has 1 amide bonds. The smallest absolute Gasteiger partial charge is 0.336 e. The number of amides is 1. The van der Waals surface area contributed by atoms with Crippen LogP contribution in [0.5, 0.6) is 6.01 Å². The van der Waals surface area contributed by atoms with Gasteiger partial charge in [0.15, 0.2) is 0 Å². The molecule has 3 N–H and O–H groups in total. The van der Waals surface area contributed by atoms with Gasteiger partial charge in [-0.25, -0.2) is 5.10 Å². The summed E-state index contributed by atoms with van der Waals surface area (Å²) in [5.41, 5.74) is 0.641. The van der Waals surface area contributed by atoms with Gasteiger partial charge in [-0.3, -0.25) is 10.1 Å². The average molecular weight is 232 g/mol. The Morgan fingerprint density at radius 3 is 3.06 bits per heavy atom. The molecule has 0 spiro atoms. The number of carbonyl (C=O) groups excluding carboxylic acids is 1. The van der Waals surface area contributed by atoms with E-state index in [0.29, 0.717) is 5.56 Å². The van der Waals surface area contributed by atoms with Crippen LogP contribution >= 0.6 is 0 Å². The molecule has 0 aliphatic heterocycles.